The zero-order chi connectivity index (χ0) is 22.1. The van der Waals surface area contributed by atoms with Gasteiger partial charge in [0.15, 0.2) is 0 Å². The normalized spacial score (nSPS) is 17.5. The van der Waals surface area contributed by atoms with Crippen LogP contribution in [-0.2, 0) is 20.4 Å². The van der Waals surface area contributed by atoms with Gasteiger partial charge in [-0.15, -0.1) is 0 Å². The summed E-state index contributed by atoms with van der Waals surface area (Å²) in [4.78, 5) is 0.514. The van der Waals surface area contributed by atoms with Crippen LogP contribution < -0.4 is 4.74 Å². The lowest BCUT2D eigenvalue weighted by Crippen LogP contribution is -2.27. The smallest absolute Gasteiger partial charge is 0.489 e. The minimum atomic E-state index is -5.71. The Balaban J connectivity index is 1.73. The third-order valence-electron chi connectivity index (χ3n) is 5.16. The highest BCUT2D eigenvalue weighted by molar-refractivity contribution is 8.33. The molecule has 166 valence electrons. The highest BCUT2D eigenvalue weighted by atomic mass is 32.3. The van der Waals surface area contributed by atoms with Crippen LogP contribution in [-0.4, -0.2) is 25.4 Å². The zero-order valence-electron chi connectivity index (χ0n) is 16.5. The van der Waals surface area contributed by atoms with Crippen LogP contribution in [0.2, 0.25) is 0 Å². The lowest BCUT2D eigenvalue weighted by atomic mass is 10.1. The maximum absolute atomic E-state index is 13.1. The molecule has 0 aromatic heterocycles. The maximum atomic E-state index is 13.1. The molecular weight excluding hydrogens is 449 g/mol. The number of rotatable bonds is 6. The van der Waals surface area contributed by atoms with E-state index >= 15 is 0 Å². The fourth-order valence-electron chi connectivity index (χ4n) is 3.69. The van der Waals surface area contributed by atoms with Crippen molar-refractivity contribution in [1.29, 1.82) is 0 Å². The number of benzene rings is 3. The number of hydrogen-bond donors (Lipinski definition) is 0. The van der Waals surface area contributed by atoms with Crippen LogP contribution >= 0.6 is 10.3 Å². The standard InChI is InChI=1S/C22H21F3O4S2/c23-22(24,25)31(26,27)29-30(13-4-5-14-30)21-10-6-9-18-11-12-19(15-20(18)21)28-16-17-7-2-1-3-8-17/h1-3,6-12,15H,4-5,13-14,16H2. The van der Waals surface area contributed by atoms with Gasteiger partial charge in [0.05, 0.1) is 0 Å². The van der Waals surface area contributed by atoms with Gasteiger partial charge < -0.3 is 4.74 Å². The summed E-state index contributed by atoms with van der Waals surface area (Å²) in [5.41, 5.74) is -4.47. The van der Waals surface area contributed by atoms with Crippen molar-refractivity contribution in [1.82, 2.24) is 0 Å². The van der Waals surface area contributed by atoms with E-state index in [1.54, 1.807) is 24.3 Å². The fourth-order valence-corrected chi connectivity index (χ4v) is 9.09. The van der Waals surface area contributed by atoms with Crippen molar-refractivity contribution < 1.29 is 30.0 Å². The average Bonchev–Trinajstić information content (AvgIpc) is 3.20. The van der Waals surface area contributed by atoms with Gasteiger partial charge in [0.25, 0.3) is 0 Å². The summed E-state index contributed by atoms with van der Waals surface area (Å²) in [6.45, 7) is 0.339. The van der Waals surface area contributed by atoms with E-state index in [4.69, 9.17) is 8.37 Å². The number of halogens is 3. The molecule has 0 spiro atoms. The van der Waals surface area contributed by atoms with Gasteiger partial charge in [0, 0.05) is 16.4 Å². The molecule has 1 heterocycles. The van der Waals surface area contributed by atoms with Crippen molar-refractivity contribution in [2.45, 2.75) is 29.9 Å². The van der Waals surface area contributed by atoms with Crippen LogP contribution in [0.3, 0.4) is 0 Å². The topological polar surface area (TPSA) is 52.6 Å². The third kappa shape index (κ3) is 4.53. The quantitative estimate of drug-likeness (QED) is 0.405. The summed E-state index contributed by atoms with van der Waals surface area (Å²) in [5.74, 6) is 1.10. The van der Waals surface area contributed by atoms with Gasteiger partial charge in [0.2, 0.25) is 0 Å². The molecule has 0 saturated carbocycles. The van der Waals surface area contributed by atoms with Gasteiger partial charge in [0.1, 0.15) is 12.4 Å². The Kier molecular flexibility index (Phi) is 5.93. The summed E-state index contributed by atoms with van der Waals surface area (Å²) >= 11 is 0. The van der Waals surface area contributed by atoms with Gasteiger partial charge in [-0.3, -0.25) is 0 Å². The predicted molar refractivity (Wildman–Crippen MR) is 116 cm³/mol. The Morgan fingerprint density at radius 2 is 1.61 bits per heavy atom. The molecule has 0 bridgehead atoms. The van der Waals surface area contributed by atoms with Crippen LogP contribution in [0.1, 0.15) is 18.4 Å². The summed E-state index contributed by atoms with van der Waals surface area (Å²) in [7, 11) is -8.36. The van der Waals surface area contributed by atoms with Gasteiger partial charge in [-0.2, -0.15) is 21.6 Å². The van der Waals surface area contributed by atoms with Gasteiger partial charge in [-0.1, -0.05) is 58.8 Å². The maximum Gasteiger partial charge on any atom is 0.523 e. The third-order valence-corrected chi connectivity index (χ3v) is 10.5. The second kappa shape index (κ2) is 8.37. The van der Waals surface area contributed by atoms with E-state index in [0.29, 0.717) is 35.5 Å². The number of hydrogen-bond acceptors (Lipinski definition) is 4. The molecule has 4 rings (SSSR count). The lowest BCUT2D eigenvalue weighted by Gasteiger charge is -2.35. The van der Waals surface area contributed by atoms with E-state index in [2.05, 4.69) is 0 Å². The second-order valence-electron chi connectivity index (χ2n) is 7.31. The number of fused-ring (bicyclic) bond motifs is 1. The molecule has 0 radical (unpaired) electrons. The van der Waals surface area contributed by atoms with Crippen LogP contribution in [0, 0.1) is 0 Å². The van der Waals surface area contributed by atoms with Crippen LogP contribution in [0.4, 0.5) is 13.2 Å². The highest BCUT2D eigenvalue weighted by Crippen LogP contribution is 2.65. The Morgan fingerprint density at radius 1 is 0.903 bits per heavy atom. The molecule has 3 aromatic carbocycles. The van der Waals surface area contributed by atoms with Crippen LogP contribution in [0.15, 0.2) is 71.6 Å². The van der Waals surface area contributed by atoms with Crippen molar-refractivity contribution in [2.75, 3.05) is 11.5 Å². The molecule has 31 heavy (non-hydrogen) atoms. The summed E-state index contributed by atoms with van der Waals surface area (Å²) in [6, 6.07) is 20.2. The van der Waals surface area contributed by atoms with E-state index < -0.39 is 25.9 Å². The minimum Gasteiger partial charge on any atom is -0.489 e. The molecule has 0 atom stereocenters. The number of alkyl halides is 3. The molecule has 0 amide bonds. The first-order valence-electron chi connectivity index (χ1n) is 9.71. The zero-order valence-corrected chi connectivity index (χ0v) is 18.1. The van der Waals surface area contributed by atoms with Crippen molar-refractivity contribution >= 4 is 31.2 Å². The van der Waals surface area contributed by atoms with Gasteiger partial charge >= 0.3 is 15.6 Å². The first kappa shape index (κ1) is 22.0. The fraction of sp³-hybridized carbons (Fsp3) is 0.273. The average molecular weight is 471 g/mol. The summed E-state index contributed by atoms with van der Waals surface area (Å²) in [6.07, 6.45) is 1.23. The SMILES string of the molecule is O=S(=O)(OS1(c2cccc3ccc(OCc4ccccc4)cc23)CCCC1)C(F)(F)F. The molecular formula is C22H21F3O4S2. The summed E-state index contributed by atoms with van der Waals surface area (Å²) < 4.78 is 74.0. The Hall–Kier alpha value is -2.23. The van der Waals surface area contributed by atoms with Crippen molar-refractivity contribution in [3.05, 3.63) is 72.3 Å². The molecule has 1 fully saturated rings. The summed E-state index contributed by atoms with van der Waals surface area (Å²) in [5, 5.41) is 1.44. The predicted octanol–water partition coefficient (Wildman–Crippen LogP) is 6.16. The van der Waals surface area contributed by atoms with Crippen molar-refractivity contribution in [2.24, 2.45) is 0 Å². The molecule has 9 heteroatoms. The van der Waals surface area contributed by atoms with E-state index in [9.17, 15) is 21.6 Å². The largest absolute Gasteiger partial charge is 0.523 e. The first-order valence-corrected chi connectivity index (χ1v) is 13.0. The Morgan fingerprint density at radius 3 is 2.29 bits per heavy atom. The molecule has 1 aliphatic rings. The minimum absolute atomic E-state index is 0.274. The molecule has 3 aromatic rings. The van der Waals surface area contributed by atoms with Crippen molar-refractivity contribution in [3.8, 4) is 5.75 Å². The van der Waals surface area contributed by atoms with Gasteiger partial charge in [-0.05, 0) is 47.4 Å². The molecule has 0 aliphatic carbocycles. The molecule has 0 N–H and O–H groups in total. The van der Waals surface area contributed by atoms with Crippen LogP contribution in [0.5, 0.6) is 5.75 Å². The highest BCUT2D eigenvalue weighted by Gasteiger charge is 2.52. The van der Waals surface area contributed by atoms with E-state index in [1.807, 2.05) is 42.5 Å². The monoisotopic (exact) mass is 470 g/mol. The Bertz CT molecular complexity index is 1170. The Labute approximate surface area is 180 Å². The molecule has 1 aliphatic heterocycles. The van der Waals surface area contributed by atoms with Crippen molar-refractivity contribution in [3.63, 3.8) is 0 Å². The first-order chi connectivity index (χ1) is 14.7. The molecule has 4 nitrogen and oxygen atoms in total. The van der Waals surface area contributed by atoms with E-state index in [1.165, 1.54) is 0 Å². The number of ether oxygens (including phenoxy) is 1. The van der Waals surface area contributed by atoms with Gasteiger partial charge in [-0.25, -0.2) is 3.63 Å². The van der Waals surface area contributed by atoms with E-state index in [-0.39, 0.29) is 11.5 Å². The molecule has 1 saturated heterocycles. The van der Waals surface area contributed by atoms with E-state index in [0.717, 1.165) is 10.9 Å². The van der Waals surface area contributed by atoms with Crippen LogP contribution in [0.25, 0.3) is 10.8 Å². The second-order valence-corrected chi connectivity index (χ2v) is 12.1. The lowest BCUT2D eigenvalue weighted by molar-refractivity contribution is -0.0496. The molecule has 0 unspecified atom stereocenters.